The molecule has 2 rings (SSSR count). The Kier molecular flexibility index (Phi) is 3.08. The molecular formula is C9H10N4OS. The molecule has 0 aromatic carbocycles. The lowest BCUT2D eigenvalue weighted by Gasteiger charge is -2.01. The van der Waals surface area contributed by atoms with Gasteiger partial charge in [-0.3, -0.25) is 9.48 Å². The van der Waals surface area contributed by atoms with Crippen LogP contribution < -0.4 is 5.32 Å². The highest BCUT2D eigenvalue weighted by molar-refractivity contribution is 7.13. The van der Waals surface area contributed by atoms with Crippen molar-refractivity contribution in [3.8, 4) is 0 Å². The van der Waals surface area contributed by atoms with Crippen molar-refractivity contribution in [3.63, 3.8) is 0 Å². The Morgan fingerprint density at radius 3 is 3.13 bits per heavy atom. The third-order valence-corrected chi connectivity index (χ3v) is 2.49. The highest BCUT2D eigenvalue weighted by Crippen LogP contribution is 2.10. The van der Waals surface area contributed by atoms with Crippen LogP contribution in [0.25, 0.3) is 0 Å². The van der Waals surface area contributed by atoms with E-state index in [0.29, 0.717) is 18.1 Å². The number of anilines is 1. The van der Waals surface area contributed by atoms with Crippen LogP contribution in [0, 0.1) is 0 Å². The van der Waals surface area contributed by atoms with Crippen molar-refractivity contribution in [1.29, 1.82) is 0 Å². The summed E-state index contributed by atoms with van der Waals surface area (Å²) in [6.45, 7) is 0.588. The van der Waals surface area contributed by atoms with Crippen LogP contribution in [-0.2, 0) is 11.3 Å². The largest absolute Gasteiger partial charge is 0.302 e. The fourth-order valence-electron chi connectivity index (χ4n) is 1.12. The molecule has 0 unspecified atom stereocenters. The minimum Gasteiger partial charge on any atom is -0.302 e. The smallest absolute Gasteiger partial charge is 0.228 e. The summed E-state index contributed by atoms with van der Waals surface area (Å²) in [6.07, 6.45) is 5.59. The number of aromatic nitrogens is 3. The molecule has 2 aromatic heterocycles. The minimum atomic E-state index is -0.0412. The van der Waals surface area contributed by atoms with Crippen LogP contribution in [0.2, 0.25) is 0 Å². The Labute approximate surface area is 90.8 Å². The second-order valence-electron chi connectivity index (χ2n) is 2.90. The van der Waals surface area contributed by atoms with Gasteiger partial charge in [-0.25, -0.2) is 4.98 Å². The molecule has 0 aliphatic rings. The molecule has 6 heteroatoms. The first-order valence-corrected chi connectivity index (χ1v) is 5.39. The Balaban J connectivity index is 1.78. The first kappa shape index (κ1) is 9.85. The van der Waals surface area contributed by atoms with Gasteiger partial charge in [-0.15, -0.1) is 11.3 Å². The van der Waals surface area contributed by atoms with Crippen LogP contribution in [0.1, 0.15) is 6.42 Å². The molecule has 0 radical (unpaired) electrons. The average Bonchev–Trinajstić information content (AvgIpc) is 2.86. The van der Waals surface area contributed by atoms with Crippen LogP contribution in [0.4, 0.5) is 5.13 Å². The summed E-state index contributed by atoms with van der Waals surface area (Å²) in [7, 11) is 0. The zero-order chi connectivity index (χ0) is 10.5. The average molecular weight is 222 g/mol. The van der Waals surface area contributed by atoms with Crippen molar-refractivity contribution in [3.05, 3.63) is 30.0 Å². The van der Waals surface area contributed by atoms with Gasteiger partial charge in [0.05, 0.1) is 0 Å². The third-order valence-electron chi connectivity index (χ3n) is 1.81. The summed E-state index contributed by atoms with van der Waals surface area (Å²) in [6, 6.07) is 1.83. The van der Waals surface area contributed by atoms with Crippen molar-refractivity contribution in [2.45, 2.75) is 13.0 Å². The highest BCUT2D eigenvalue weighted by atomic mass is 32.1. The van der Waals surface area contributed by atoms with E-state index in [0.717, 1.165) is 0 Å². The predicted octanol–water partition coefficient (Wildman–Crippen LogP) is 1.37. The maximum atomic E-state index is 11.4. The normalized spacial score (nSPS) is 10.1. The Morgan fingerprint density at radius 1 is 1.53 bits per heavy atom. The molecule has 0 fully saturated rings. The number of carbonyl (C=O) groups excluding carboxylic acids is 1. The van der Waals surface area contributed by atoms with E-state index >= 15 is 0 Å². The predicted molar refractivity (Wildman–Crippen MR) is 57.6 cm³/mol. The van der Waals surface area contributed by atoms with Gasteiger partial charge < -0.3 is 5.32 Å². The van der Waals surface area contributed by atoms with Crippen LogP contribution in [0.5, 0.6) is 0 Å². The van der Waals surface area contributed by atoms with E-state index < -0.39 is 0 Å². The van der Waals surface area contributed by atoms with Crippen LogP contribution in [0.15, 0.2) is 30.0 Å². The molecule has 0 aliphatic carbocycles. The van der Waals surface area contributed by atoms with E-state index in [1.807, 2.05) is 17.6 Å². The molecule has 0 bridgehead atoms. The van der Waals surface area contributed by atoms with Gasteiger partial charge in [0.15, 0.2) is 5.13 Å². The summed E-state index contributed by atoms with van der Waals surface area (Å²) in [4.78, 5) is 15.4. The molecule has 0 spiro atoms. The van der Waals surface area contributed by atoms with Gasteiger partial charge in [0, 0.05) is 36.9 Å². The van der Waals surface area contributed by atoms with Gasteiger partial charge in [-0.1, -0.05) is 0 Å². The summed E-state index contributed by atoms with van der Waals surface area (Å²) in [5.41, 5.74) is 0. The fraction of sp³-hybridized carbons (Fsp3) is 0.222. The van der Waals surface area contributed by atoms with E-state index in [-0.39, 0.29) is 5.91 Å². The number of nitrogens with zero attached hydrogens (tertiary/aromatic N) is 3. The van der Waals surface area contributed by atoms with Crippen molar-refractivity contribution >= 4 is 22.4 Å². The lowest BCUT2D eigenvalue weighted by molar-refractivity contribution is -0.116. The van der Waals surface area contributed by atoms with Crippen molar-refractivity contribution in [1.82, 2.24) is 14.8 Å². The molecule has 1 amide bonds. The van der Waals surface area contributed by atoms with Crippen LogP contribution in [-0.4, -0.2) is 20.7 Å². The molecule has 15 heavy (non-hydrogen) atoms. The van der Waals surface area contributed by atoms with E-state index in [9.17, 15) is 4.79 Å². The van der Waals surface area contributed by atoms with Crippen LogP contribution in [0.3, 0.4) is 0 Å². The van der Waals surface area contributed by atoms with Gasteiger partial charge in [0.25, 0.3) is 0 Å². The molecule has 0 saturated carbocycles. The number of carbonyl (C=O) groups is 1. The van der Waals surface area contributed by atoms with Gasteiger partial charge >= 0.3 is 0 Å². The van der Waals surface area contributed by atoms with E-state index in [2.05, 4.69) is 15.4 Å². The number of hydrogen-bond acceptors (Lipinski definition) is 4. The highest BCUT2D eigenvalue weighted by Gasteiger charge is 2.03. The molecule has 0 saturated heterocycles. The quantitative estimate of drug-likeness (QED) is 0.849. The number of thiazole rings is 1. The Morgan fingerprint density at radius 2 is 2.47 bits per heavy atom. The summed E-state index contributed by atoms with van der Waals surface area (Å²) in [5.74, 6) is -0.0412. The molecule has 5 nitrogen and oxygen atoms in total. The zero-order valence-corrected chi connectivity index (χ0v) is 8.78. The second kappa shape index (κ2) is 4.70. The molecule has 78 valence electrons. The van der Waals surface area contributed by atoms with Gasteiger partial charge in [-0.2, -0.15) is 5.10 Å². The van der Waals surface area contributed by atoms with Crippen LogP contribution >= 0.6 is 11.3 Å². The maximum absolute atomic E-state index is 11.4. The topological polar surface area (TPSA) is 59.8 Å². The van der Waals surface area contributed by atoms with Crippen molar-refractivity contribution in [2.75, 3.05) is 5.32 Å². The minimum absolute atomic E-state index is 0.0412. The van der Waals surface area contributed by atoms with Crippen molar-refractivity contribution < 1.29 is 4.79 Å². The Hall–Kier alpha value is -1.69. The summed E-state index contributed by atoms with van der Waals surface area (Å²) < 4.78 is 1.72. The number of hydrogen-bond donors (Lipinski definition) is 1. The lowest BCUT2D eigenvalue weighted by Crippen LogP contribution is -2.14. The third kappa shape index (κ3) is 2.88. The lowest BCUT2D eigenvalue weighted by atomic mass is 10.4. The molecule has 1 N–H and O–H groups in total. The van der Waals surface area contributed by atoms with E-state index in [4.69, 9.17) is 0 Å². The monoisotopic (exact) mass is 222 g/mol. The second-order valence-corrected chi connectivity index (χ2v) is 3.80. The first-order valence-electron chi connectivity index (χ1n) is 4.51. The molecule has 0 atom stereocenters. The van der Waals surface area contributed by atoms with Gasteiger partial charge in [0.1, 0.15) is 0 Å². The number of aryl methyl sites for hydroxylation is 1. The molecule has 2 heterocycles. The standard InChI is InChI=1S/C9H10N4OS/c14-8(12-9-10-4-7-15-9)2-6-13-5-1-3-11-13/h1,3-5,7H,2,6H2,(H,10,12,14). The molecule has 0 aliphatic heterocycles. The summed E-state index contributed by atoms with van der Waals surface area (Å²) >= 11 is 1.41. The zero-order valence-electron chi connectivity index (χ0n) is 7.96. The van der Waals surface area contributed by atoms with E-state index in [1.54, 1.807) is 17.1 Å². The first-order chi connectivity index (χ1) is 7.34. The number of amides is 1. The van der Waals surface area contributed by atoms with Gasteiger partial charge in [0.2, 0.25) is 5.91 Å². The van der Waals surface area contributed by atoms with E-state index in [1.165, 1.54) is 11.3 Å². The van der Waals surface area contributed by atoms with Crippen molar-refractivity contribution in [2.24, 2.45) is 0 Å². The fourth-order valence-corrected chi connectivity index (χ4v) is 1.66. The summed E-state index contributed by atoms with van der Waals surface area (Å²) in [5, 5.41) is 9.18. The Bertz CT molecular complexity index is 409. The van der Waals surface area contributed by atoms with Gasteiger partial charge in [-0.05, 0) is 6.07 Å². The SMILES string of the molecule is O=C(CCn1cccn1)Nc1nccs1. The maximum Gasteiger partial charge on any atom is 0.228 e. The number of rotatable bonds is 4. The number of nitrogens with one attached hydrogen (secondary N) is 1. The molecular weight excluding hydrogens is 212 g/mol. The molecule has 2 aromatic rings.